The number of unbranched alkanes of at least 4 members (excludes halogenated alkanes) is 16. The van der Waals surface area contributed by atoms with Crippen LogP contribution in [-0.2, 0) is 32.7 Å². The maximum Gasteiger partial charge on any atom is 0.472 e. The number of quaternary nitrogens is 1. The summed E-state index contributed by atoms with van der Waals surface area (Å²) in [6, 6.07) is 0. The zero-order valence-corrected chi connectivity index (χ0v) is 32.4. The van der Waals surface area contributed by atoms with E-state index in [1.165, 1.54) is 51.4 Å². The molecule has 0 heterocycles. The van der Waals surface area contributed by atoms with Gasteiger partial charge in [-0.25, -0.2) is 4.57 Å². The molecule has 9 nitrogen and oxygen atoms in total. The van der Waals surface area contributed by atoms with Gasteiger partial charge in [0.25, 0.3) is 0 Å². The molecule has 0 saturated heterocycles. The van der Waals surface area contributed by atoms with Gasteiger partial charge in [-0.3, -0.25) is 18.6 Å². The fraction of sp³-hybridized carbons (Fsp3) is 0.842. The molecule has 0 rings (SSSR count). The van der Waals surface area contributed by atoms with Crippen molar-refractivity contribution in [3.63, 3.8) is 0 Å². The van der Waals surface area contributed by atoms with Gasteiger partial charge in [-0.05, 0) is 64.2 Å². The van der Waals surface area contributed by atoms with Gasteiger partial charge >= 0.3 is 19.8 Å². The van der Waals surface area contributed by atoms with Crippen molar-refractivity contribution in [2.45, 2.75) is 161 Å². The minimum Gasteiger partial charge on any atom is -0.462 e. The Balaban J connectivity index is 4.47. The monoisotopic (exact) mass is 703 g/mol. The van der Waals surface area contributed by atoms with Crippen molar-refractivity contribution < 1.29 is 42.1 Å². The number of rotatable bonds is 34. The van der Waals surface area contributed by atoms with Gasteiger partial charge in [-0.15, -0.1) is 0 Å². The number of carbonyl (C=O) groups is 2. The summed E-state index contributed by atoms with van der Waals surface area (Å²) in [5, 5.41) is 0. The second-order valence-electron chi connectivity index (χ2n) is 14.0. The molecule has 1 N–H and O–H groups in total. The quantitative estimate of drug-likeness (QED) is 0.0232. The normalized spacial score (nSPS) is 14.0. The van der Waals surface area contributed by atoms with Gasteiger partial charge in [0.2, 0.25) is 0 Å². The summed E-state index contributed by atoms with van der Waals surface area (Å²) < 4.78 is 34.1. The Labute approximate surface area is 294 Å². The van der Waals surface area contributed by atoms with Crippen LogP contribution in [0, 0.1) is 0 Å². The van der Waals surface area contributed by atoms with E-state index >= 15 is 0 Å². The third kappa shape index (κ3) is 34.4. The number of nitrogens with zero attached hydrogens (tertiary/aromatic N) is 1. The largest absolute Gasteiger partial charge is 0.472 e. The molecule has 0 aliphatic rings. The molecule has 0 aromatic carbocycles. The van der Waals surface area contributed by atoms with Crippen molar-refractivity contribution in [3.05, 3.63) is 24.3 Å². The van der Waals surface area contributed by atoms with E-state index in [4.69, 9.17) is 18.5 Å². The molecule has 10 heteroatoms. The van der Waals surface area contributed by atoms with E-state index in [1.807, 2.05) is 21.1 Å². The van der Waals surface area contributed by atoms with Gasteiger partial charge in [0.15, 0.2) is 6.10 Å². The van der Waals surface area contributed by atoms with E-state index in [2.05, 4.69) is 38.2 Å². The predicted molar refractivity (Wildman–Crippen MR) is 197 cm³/mol. The molecule has 0 aliphatic carbocycles. The molecule has 282 valence electrons. The molecule has 0 amide bonds. The Hall–Kier alpha value is -1.51. The third-order valence-corrected chi connectivity index (χ3v) is 8.94. The molecule has 2 atom stereocenters. The van der Waals surface area contributed by atoms with E-state index in [-0.39, 0.29) is 32.0 Å². The van der Waals surface area contributed by atoms with Crippen LogP contribution in [-0.4, -0.2) is 74.9 Å². The van der Waals surface area contributed by atoms with Crippen molar-refractivity contribution in [2.24, 2.45) is 0 Å². The lowest BCUT2D eigenvalue weighted by atomic mass is 10.1. The molecular weight excluding hydrogens is 629 g/mol. The van der Waals surface area contributed by atoms with Gasteiger partial charge in [-0.1, -0.05) is 102 Å². The molecule has 0 bridgehead atoms. The number of hydrogen-bond donors (Lipinski definition) is 1. The van der Waals surface area contributed by atoms with Gasteiger partial charge in [0.05, 0.1) is 27.7 Å². The number of hydrogen-bond acceptors (Lipinski definition) is 7. The van der Waals surface area contributed by atoms with E-state index in [9.17, 15) is 19.0 Å². The summed E-state index contributed by atoms with van der Waals surface area (Å²) in [7, 11) is 1.46. The maximum atomic E-state index is 12.6. The number of phosphoric ester groups is 1. The number of carbonyl (C=O) groups excluding carboxylic acids is 2. The Morgan fingerprint density at radius 1 is 0.625 bits per heavy atom. The van der Waals surface area contributed by atoms with Gasteiger partial charge < -0.3 is 18.9 Å². The lowest BCUT2D eigenvalue weighted by Gasteiger charge is -2.24. The van der Waals surface area contributed by atoms with Gasteiger partial charge in [0.1, 0.15) is 19.8 Å². The summed E-state index contributed by atoms with van der Waals surface area (Å²) in [6.07, 6.45) is 30.8. The van der Waals surface area contributed by atoms with Crippen molar-refractivity contribution in [3.8, 4) is 0 Å². The van der Waals surface area contributed by atoms with Crippen LogP contribution in [0.25, 0.3) is 0 Å². The predicted octanol–water partition coefficient (Wildman–Crippen LogP) is 10.0. The van der Waals surface area contributed by atoms with E-state index in [0.717, 1.165) is 70.6 Å². The Kier molecular flexibility index (Phi) is 30.5. The molecule has 0 aliphatic heterocycles. The lowest BCUT2D eigenvalue weighted by molar-refractivity contribution is -0.870. The first-order chi connectivity index (χ1) is 23.0. The van der Waals surface area contributed by atoms with Crippen LogP contribution < -0.4 is 0 Å². The molecule has 0 radical (unpaired) electrons. The van der Waals surface area contributed by atoms with Crippen LogP contribution in [0.2, 0.25) is 0 Å². The number of ether oxygens (including phenoxy) is 2. The first-order valence-corrected chi connectivity index (χ1v) is 20.6. The second-order valence-corrected chi connectivity index (χ2v) is 15.4. The zero-order chi connectivity index (χ0) is 35.8. The molecule has 48 heavy (non-hydrogen) atoms. The Bertz CT molecular complexity index is 886. The molecule has 0 spiro atoms. The molecule has 0 aromatic heterocycles. The highest BCUT2D eigenvalue weighted by atomic mass is 31.2. The van der Waals surface area contributed by atoms with Crippen LogP contribution in [0.15, 0.2) is 24.3 Å². The fourth-order valence-corrected chi connectivity index (χ4v) is 5.62. The van der Waals surface area contributed by atoms with Crippen LogP contribution in [0.5, 0.6) is 0 Å². The van der Waals surface area contributed by atoms with Crippen LogP contribution in [0.1, 0.15) is 155 Å². The summed E-state index contributed by atoms with van der Waals surface area (Å²) in [4.78, 5) is 35.1. The smallest absolute Gasteiger partial charge is 0.462 e. The SMILES string of the molecule is CCCCC/C=C\CCCCCCCC(=O)OCC(COP(=O)(O)OCC[N+](C)(C)C)OC(=O)CCCCCCC/C=C\CCCCC. The number of phosphoric acid groups is 1. The topological polar surface area (TPSA) is 108 Å². The van der Waals surface area contributed by atoms with Crippen molar-refractivity contribution in [1.82, 2.24) is 0 Å². The summed E-state index contributed by atoms with van der Waals surface area (Å²) >= 11 is 0. The Morgan fingerprint density at radius 3 is 1.54 bits per heavy atom. The highest BCUT2D eigenvalue weighted by Gasteiger charge is 2.27. The van der Waals surface area contributed by atoms with E-state index in [0.29, 0.717) is 17.4 Å². The van der Waals surface area contributed by atoms with Gasteiger partial charge in [-0.2, -0.15) is 0 Å². The van der Waals surface area contributed by atoms with E-state index < -0.39 is 26.5 Å². The standard InChI is InChI=1S/C38H72NO8P/c1-6-8-10-12-14-16-18-20-22-24-26-28-30-37(40)44-34-36(35-46-48(42,43)45-33-32-39(3,4)5)47-38(41)31-29-27-25-23-21-19-17-15-13-11-9-7-2/h14-17,36H,6-13,18-35H2,1-5H3/p+1/b16-14-,17-15-. The lowest BCUT2D eigenvalue weighted by Crippen LogP contribution is -2.37. The highest BCUT2D eigenvalue weighted by Crippen LogP contribution is 2.43. The van der Waals surface area contributed by atoms with E-state index in [1.54, 1.807) is 0 Å². The van der Waals surface area contributed by atoms with Crippen LogP contribution in [0.4, 0.5) is 0 Å². The third-order valence-electron chi connectivity index (χ3n) is 7.95. The molecule has 0 saturated carbocycles. The van der Waals surface area contributed by atoms with Crippen molar-refractivity contribution >= 4 is 19.8 Å². The number of esters is 2. The van der Waals surface area contributed by atoms with Crippen LogP contribution in [0.3, 0.4) is 0 Å². The molecule has 0 aromatic rings. The number of allylic oxidation sites excluding steroid dienone is 4. The molecule has 2 unspecified atom stereocenters. The van der Waals surface area contributed by atoms with Crippen molar-refractivity contribution in [1.29, 1.82) is 0 Å². The second kappa shape index (κ2) is 31.5. The summed E-state index contributed by atoms with van der Waals surface area (Å²) in [6.45, 7) is 4.33. The van der Waals surface area contributed by atoms with Gasteiger partial charge in [0, 0.05) is 12.8 Å². The minimum atomic E-state index is -4.37. The zero-order valence-electron chi connectivity index (χ0n) is 31.5. The average molecular weight is 703 g/mol. The van der Waals surface area contributed by atoms with Crippen molar-refractivity contribution in [2.75, 3.05) is 47.5 Å². The molecular formula is C38H73NO8P+. The first kappa shape index (κ1) is 46.5. The minimum absolute atomic E-state index is 0.0295. The summed E-state index contributed by atoms with van der Waals surface area (Å²) in [5.74, 6) is -0.822. The summed E-state index contributed by atoms with van der Waals surface area (Å²) in [5.41, 5.74) is 0. The maximum absolute atomic E-state index is 12.6. The fourth-order valence-electron chi connectivity index (χ4n) is 4.88. The highest BCUT2D eigenvalue weighted by molar-refractivity contribution is 7.47. The number of likely N-dealkylation sites (N-methyl/N-ethyl adjacent to an activating group) is 1. The van der Waals surface area contributed by atoms with Crippen LogP contribution >= 0.6 is 7.82 Å². The average Bonchev–Trinajstić information content (AvgIpc) is 3.02. The Morgan fingerprint density at radius 2 is 1.06 bits per heavy atom. The first-order valence-electron chi connectivity index (χ1n) is 19.1. The molecule has 0 fully saturated rings.